The van der Waals surface area contributed by atoms with Crippen molar-refractivity contribution in [3.05, 3.63) is 24.0 Å². The Labute approximate surface area is 75.2 Å². The summed E-state index contributed by atoms with van der Waals surface area (Å²) < 4.78 is 73.2. The Bertz CT molecular complexity index is 382. The molecule has 0 heterocycles. The summed E-state index contributed by atoms with van der Waals surface area (Å²) >= 11 is 0. The maximum absolute atomic E-state index is 12.7. The lowest BCUT2D eigenvalue weighted by molar-refractivity contribution is 0.356. The van der Waals surface area contributed by atoms with Crippen LogP contribution >= 0.6 is 10.2 Å². The van der Waals surface area contributed by atoms with Gasteiger partial charge in [-0.05, 0) is 12.1 Å². The van der Waals surface area contributed by atoms with Gasteiger partial charge in [-0.25, -0.2) is 4.39 Å². The van der Waals surface area contributed by atoms with E-state index in [1.807, 2.05) is 0 Å². The van der Waals surface area contributed by atoms with Gasteiger partial charge in [0, 0.05) is 0 Å². The van der Waals surface area contributed by atoms with Gasteiger partial charge in [0.25, 0.3) is 0 Å². The highest BCUT2D eigenvalue weighted by Gasteiger charge is 2.67. The topological polar surface area (TPSA) is 26.0 Å². The summed E-state index contributed by atoms with van der Waals surface area (Å²) in [5.74, 6) is -2.13. The molecule has 2 N–H and O–H groups in total. The van der Waals surface area contributed by atoms with Crippen LogP contribution in [0.5, 0.6) is 0 Å². The fourth-order valence-corrected chi connectivity index (χ4v) is 1.62. The molecule has 0 atom stereocenters. The molecule has 0 unspecified atom stereocenters. The highest BCUT2D eigenvalue weighted by atomic mass is 32.5. The van der Waals surface area contributed by atoms with E-state index in [0.29, 0.717) is 6.07 Å². The first-order chi connectivity index (χ1) is 5.91. The van der Waals surface area contributed by atoms with Crippen molar-refractivity contribution < 1.29 is 23.8 Å². The van der Waals surface area contributed by atoms with Gasteiger partial charge in [-0.3, -0.25) is 0 Å². The van der Waals surface area contributed by atoms with Crippen molar-refractivity contribution >= 4 is 15.9 Å². The van der Waals surface area contributed by atoms with Gasteiger partial charge in [0.2, 0.25) is 0 Å². The summed E-state index contributed by atoms with van der Waals surface area (Å²) in [6.07, 6.45) is 0. The molecule has 0 aliphatic heterocycles. The van der Waals surface area contributed by atoms with Gasteiger partial charge in [-0.15, -0.1) is 0 Å². The average molecular weight is 237 g/mol. The van der Waals surface area contributed by atoms with Crippen LogP contribution in [0.1, 0.15) is 0 Å². The SMILES string of the molecule is Nc1cccc(S(F)(F)(F)(F)F)c1F. The van der Waals surface area contributed by atoms with Gasteiger partial charge in [0.05, 0.1) is 5.69 Å². The normalized spacial score (nSPS) is 17.3. The number of nitrogens with two attached hydrogens (primary N) is 1. The van der Waals surface area contributed by atoms with Crippen LogP contribution in [0.4, 0.5) is 29.5 Å². The quantitative estimate of drug-likeness (QED) is 0.578. The van der Waals surface area contributed by atoms with E-state index in [4.69, 9.17) is 5.73 Å². The molecular formula is C6H5F6NS. The molecule has 14 heavy (non-hydrogen) atoms. The zero-order valence-corrected chi connectivity index (χ0v) is 7.30. The summed E-state index contributed by atoms with van der Waals surface area (Å²) in [5.41, 5.74) is 3.78. The molecule has 1 rings (SSSR count). The van der Waals surface area contributed by atoms with Gasteiger partial charge in [0.1, 0.15) is 4.90 Å². The highest BCUT2D eigenvalue weighted by molar-refractivity contribution is 8.45. The predicted molar refractivity (Wildman–Crippen MR) is 42.2 cm³/mol. The maximum atomic E-state index is 12.7. The highest BCUT2D eigenvalue weighted by Crippen LogP contribution is 3.02. The van der Waals surface area contributed by atoms with E-state index in [2.05, 4.69) is 0 Å². The zero-order chi connectivity index (χ0) is 11.3. The smallest absolute Gasteiger partial charge is 0.313 e. The van der Waals surface area contributed by atoms with E-state index in [1.165, 1.54) is 0 Å². The molecule has 0 fully saturated rings. The van der Waals surface area contributed by atoms with Crippen molar-refractivity contribution in [2.45, 2.75) is 4.90 Å². The second kappa shape index (κ2) is 2.13. The minimum atomic E-state index is -9.97. The molecule has 0 spiro atoms. The number of nitrogen functional groups attached to an aromatic ring is 1. The largest absolute Gasteiger partial charge is 0.396 e. The van der Waals surface area contributed by atoms with Gasteiger partial charge in [-0.2, -0.15) is 0 Å². The number of anilines is 1. The van der Waals surface area contributed by atoms with Crippen molar-refractivity contribution in [2.24, 2.45) is 0 Å². The first-order valence-corrected chi connectivity index (χ1v) is 5.15. The van der Waals surface area contributed by atoms with Crippen LogP contribution < -0.4 is 5.73 Å². The van der Waals surface area contributed by atoms with Crippen molar-refractivity contribution in [3.63, 3.8) is 0 Å². The molecule has 0 aliphatic carbocycles. The third-order valence-electron chi connectivity index (χ3n) is 1.41. The molecule has 8 heteroatoms. The molecule has 1 aromatic rings. The lowest BCUT2D eigenvalue weighted by atomic mass is 10.3. The Morgan fingerprint density at radius 1 is 1.00 bits per heavy atom. The Hall–Kier alpha value is -1.05. The van der Waals surface area contributed by atoms with Crippen LogP contribution in [0.25, 0.3) is 0 Å². The van der Waals surface area contributed by atoms with Crippen molar-refractivity contribution in [1.82, 2.24) is 0 Å². The second-order valence-electron chi connectivity index (χ2n) is 2.63. The molecular weight excluding hydrogens is 232 g/mol. The monoisotopic (exact) mass is 237 g/mol. The summed E-state index contributed by atoms with van der Waals surface area (Å²) in [5, 5.41) is 0. The predicted octanol–water partition coefficient (Wildman–Crippen LogP) is 4.07. The molecule has 82 valence electrons. The number of rotatable bonds is 1. The Balaban J connectivity index is 3.59. The first-order valence-electron chi connectivity index (χ1n) is 3.20. The fraction of sp³-hybridized carbons (Fsp3) is 0. The molecule has 0 amide bonds. The third kappa shape index (κ3) is 2.06. The standard InChI is InChI=1S/C6H5F6NS/c7-6-4(13)2-1-3-5(6)14(8,9,10,11)12/h1-3H,13H2. The molecule has 0 aromatic heterocycles. The van der Waals surface area contributed by atoms with Gasteiger partial charge in [-0.1, -0.05) is 25.5 Å². The first kappa shape index (κ1) is 11.0. The van der Waals surface area contributed by atoms with Gasteiger partial charge < -0.3 is 5.73 Å². The lowest BCUT2D eigenvalue weighted by Crippen LogP contribution is -2.09. The van der Waals surface area contributed by atoms with Crippen molar-refractivity contribution in [2.75, 3.05) is 5.73 Å². The number of hydrogen-bond donors (Lipinski definition) is 1. The summed E-state index contributed by atoms with van der Waals surface area (Å²) in [6.45, 7) is 0. The van der Waals surface area contributed by atoms with Crippen LogP contribution in [0.15, 0.2) is 23.1 Å². The molecule has 0 aliphatic rings. The molecule has 0 bridgehead atoms. The molecule has 1 nitrogen and oxygen atoms in total. The minimum absolute atomic E-state index is 0.0345. The van der Waals surface area contributed by atoms with Crippen LogP contribution in [0.2, 0.25) is 0 Å². The van der Waals surface area contributed by atoms with Crippen molar-refractivity contribution in [1.29, 1.82) is 0 Å². The molecule has 0 radical (unpaired) electrons. The van der Waals surface area contributed by atoms with Gasteiger partial charge >= 0.3 is 10.2 Å². The molecule has 0 saturated carbocycles. The van der Waals surface area contributed by atoms with E-state index >= 15 is 0 Å². The number of benzene rings is 1. The molecule has 1 aromatic carbocycles. The summed E-state index contributed by atoms with van der Waals surface area (Å²) in [4.78, 5) is -2.58. The Morgan fingerprint density at radius 2 is 1.50 bits per heavy atom. The zero-order valence-electron chi connectivity index (χ0n) is 6.49. The van der Waals surface area contributed by atoms with Crippen LogP contribution in [-0.4, -0.2) is 0 Å². The summed E-state index contributed by atoms with van der Waals surface area (Å²) in [7, 11) is -9.97. The van der Waals surface area contributed by atoms with Crippen LogP contribution in [0, 0.1) is 5.82 Å². The van der Waals surface area contributed by atoms with E-state index in [1.54, 1.807) is 0 Å². The number of hydrogen-bond acceptors (Lipinski definition) is 1. The maximum Gasteiger partial charge on any atom is 0.313 e. The van der Waals surface area contributed by atoms with Crippen LogP contribution in [0.3, 0.4) is 0 Å². The van der Waals surface area contributed by atoms with E-state index in [0.717, 1.165) is 6.07 Å². The summed E-state index contributed by atoms with van der Waals surface area (Å²) in [6, 6.07) is 1.35. The lowest BCUT2D eigenvalue weighted by Gasteiger charge is -2.40. The number of halogens is 6. The van der Waals surface area contributed by atoms with Gasteiger partial charge in [0.15, 0.2) is 5.82 Å². The van der Waals surface area contributed by atoms with Crippen LogP contribution in [-0.2, 0) is 0 Å². The van der Waals surface area contributed by atoms with E-state index < -0.39 is 26.6 Å². The second-order valence-corrected chi connectivity index (χ2v) is 5.01. The van der Waals surface area contributed by atoms with E-state index in [9.17, 15) is 23.8 Å². The minimum Gasteiger partial charge on any atom is -0.396 e. The fourth-order valence-electron chi connectivity index (χ4n) is 0.826. The Morgan fingerprint density at radius 3 is 1.86 bits per heavy atom. The van der Waals surface area contributed by atoms with Crippen molar-refractivity contribution in [3.8, 4) is 0 Å². The molecule has 0 saturated heterocycles. The third-order valence-corrected chi connectivity index (χ3v) is 2.56. The average Bonchev–Trinajstić information content (AvgIpc) is 1.89. The Kier molecular flexibility index (Phi) is 1.68. The van der Waals surface area contributed by atoms with E-state index in [-0.39, 0.29) is 6.07 Å².